The van der Waals surface area contributed by atoms with Crippen LogP contribution in [0.3, 0.4) is 0 Å². The molecule has 0 bridgehead atoms. The van der Waals surface area contributed by atoms with Gasteiger partial charge in [0.25, 0.3) is 0 Å². The Morgan fingerprint density at radius 1 is 1.00 bits per heavy atom. The first-order valence-corrected chi connectivity index (χ1v) is 4.79. The molecule has 3 rings (SSSR count). The Bertz CT molecular complexity index is 633. The third kappa shape index (κ3) is 1.30. The van der Waals surface area contributed by atoms with Gasteiger partial charge in [-0.15, -0.1) is 10.2 Å². The van der Waals surface area contributed by atoms with E-state index >= 15 is 0 Å². The summed E-state index contributed by atoms with van der Waals surface area (Å²) in [5, 5.41) is 17.5. The zero-order valence-electron chi connectivity index (χ0n) is 8.28. The summed E-state index contributed by atoms with van der Waals surface area (Å²) in [4.78, 5) is 3.95. The normalized spacial score (nSPS) is 10.8. The number of fused-ring (bicyclic) bond motifs is 1. The molecule has 5 heteroatoms. The van der Waals surface area contributed by atoms with Crippen LogP contribution in [-0.4, -0.2) is 24.7 Å². The molecule has 16 heavy (non-hydrogen) atoms. The van der Waals surface area contributed by atoms with Crippen molar-refractivity contribution in [3.8, 4) is 17.1 Å². The molecule has 0 aliphatic carbocycles. The van der Waals surface area contributed by atoms with Crippen LogP contribution in [0.4, 0.5) is 0 Å². The van der Waals surface area contributed by atoms with Crippen LogP contribution in [0.15, 0.2) is 42.9 Å². The van der Waals surface area contributed by atoms with Crippen LogP contribution in [0.5, 0.6) is 5.75 Å². The minimum Gasteiger partial charge on any atom is -0.506 e. The van der Waals surface area contributed by atoms with Gasteiger partial charge in [-0.25, -0.2) is 0 Å². The summed E-state index contributed by atoms with van der Waals surface area (Å²) in [5.41, 5.74) is 1.61. The van der Waals surface area contributed by atoms with Gasteiger partial charge in [-0.3, -0.25) is 9.38 Å². The fourth-order valence-electron chi connectivity index (χ4n) is 1.58. The van der Waals surface area contributed by atoms with Crippen molar-refractivity contribution in [2.45, 2.75) is 0 Å². The lowest BCUT2D eigenvalue weighted by Crippen LogP contribution is -1.88. The van der Waals surface area contributed by atoms with Crippen LogP contribution in [0.2, 0.25) is 0 Å². The summed E-state index contributed by atoms with van der Waals surface area (Å²) in [7, 11) is 0. The van der Waals surface area contributed by atoms with Crippen molar-refractivity contribution in [2.75, 3.05) is 0 Å². The second-order valence-corrected chi connectivity index (χ2v) is 3.37. The van der Waals surface area contributed by atoms with Gasteiger partial charge in [0.05, 0.1) is 6.20 Å². The molecular formula is C11H8N4O. The van der Waals surface area contributed by atoms with E-state index < -0.39 is 0 Å². The smallest absolute Gasteiger partial charge is 0.168 e. The van der Waals surface area contributed by atoms with E-state index in [2.05, 4.69) is 15.2 Å². The van der Waals surface area contributed by atoms with Gasteiger partial charge < -0.3 is 5.11 Å². The molecular weight excluding hydrogens is 204 g/mol. The average Bonchev–Trinajstić information content (AvgIpc) is 2.73. The van der Waals surface area contributed by atoms with Crippen LogP contribution in [0, 0.1) is 0 Å². The van der Waals surface area contributed by atoms with Crippen molar-refractivity contribution in [1.82, 2.24) is 19.6 Å². The molecule has 0 atom stereocenters. The molecule has 0 aromatic carbocycles. The minimum absolute atomic E-state index is 0.183. The zero-order valence-corrected chi connectivity index (χ0v) is 8.28. The number of hydrogen-bond acceptors (Lipinski definition) is 4. The van der Waals surface area contributed by atoms with Crippen molar-refractivity contribution in [3.63, 3.8) is 0 Å². The fourth-order valence-corrected chi connectivity index (χ4v) is 1.58. The molecule has 78 valence electrons. The van der Waals surface area contributed by atoms with Crippen LogP contribution in [-0.2, 0) is 0 Å². The topological polar surface area (TPSA) is 63.3 Å². The first kappa shape index (κ1) is 8.84. The molecule has 3 heterocycles. The highest BCUT2D eigenvalue weighted by atomic mass is 16.3. The minimum atomic E-state index is 0.183. The molecule has 0 saturated heterocycles. The second kappa shape index (κ2) is 3.30. The lowest BCUT2D eigenvalue weighted by Gasteiger charge is -1.99. The maximum absolute atomic E-state index is 9.43. The van der Waals surface area contributed by atoms with Crippen molar-refractivity contribution in [3.05, 3.63) is 42.9 Å². The molecule has 0 fully saturated rings. The lowest BCUT2D eigenvalue weighted by molar-refractivity contribution is 0.472. The van der Waals surface area contributed by atoms with E-state index in [-0.39, 0.29) is 5.75 Å². The highest BCUT2D eigenvalue weighted by molar-refractivity contribution is 5.59. The van der Waals surface area contributed by atoms with E-state index in [9.17, 15) is 5.11 Å². The predicted molar refractivity (Wildman–Crippen MR) is 57.9 cm³/mol. The predicted octanol–water partition coefficient (Wildman–Crippen LogP) is 1.50. The van der Waals surface area contributed by atoms with E-state index in [1.54, 1.807) is 35.1 Å². The largest absolute Gasteiger partial charge is 0.506 e. The molecule has 3 aromatic rings. The summed E-state index contributed by atoms with van der Waals surface area (Å²) < 4.78 is 1.74. The van der Waals surface area contributed by atoms with Gasteiger partial charge in [0, 0.05) is 18.0 Å². The molecule has 0 aliphatic heterocycles. The van der Waals surface area contributed by atoms with E-state index in [0.717, 1.165) is 5.56 Å². The number of aromatic hydroxyl groups is 1. The van der Waals surface area contributed by atoms with Gasteiger partial charge in [0.15, 0.2) is 11.5 Å². The highest BCUT2D eigenvalue weighted by Crippen LogP contribution is 2.19. The zero-order chi connectivity index (χ0) is 11.0. The van der Waals surface area contributed by atoms with Crippen molar-refractivity contribution in [1.29, 1.82) is 0 Å². The summed E-state index contributed by atoms with van der Waals surface area (Å²) >= 11 is 0. The van der Waals surface area contributed by atoms with Crippen LogP contribution >= 0.6 is 0 Å². The van der Waals surface area contributed by atoms with E-state index in [1.165, 1.54) is 0 Å². The number of nitrogens with zero attached hydrogens (tertiary/aromatic N) is 4. The van der Waals surface area contributed by atoms with Gasteiger partial charge in [-0.2, -0.15) is 0 Å². The Morgan fingerprint density at radius 3 is 2.62 bits per heavy atom. The summed E-state index contributed by atoms with van der Waals surface area (Å²) in [6, 6.07) is 6.99. The van der Waals surface area contributed by atoms with Crippen molar-refractivity contribution in [2.24, 2.45) is 0 Å². The molecule has 0 saturated carbocycles. The molecule has 5 nitrogen and oxygen atoms in total. The van der Waals surface area contributed by atoms with E-state index in [1.807, 2.05) is 12.1 Å². The third-order valence-corrected chi connectivity index (χ3v) is 2.33. The first-order valence-electron chi connectivity index (χ1n) is 4.79. The molecule has 0 amide bonds. The summed E-state index contributed by atoms with van der Waals surface area (Å²) in [6.45, 7) is 0. The average molecular weight is 212 g/mol. The summed E-state index contributed by atoms with van der Waals surface area (Å²) in [6.07, 6.45) is 4.98. The highest BCUT2D eigenvalue weighted by Gasteiger charge is 2.07. The molecule has 1 N–H and O–H groups in total. The molecule has 0 unspecified atom stereocenters. The Morgan fingerprint density at radius 2 is 1.81 bits per heavy atom. The van der Waals surface area contributed by atoms with Crippen LogP contribution in [0.25, 0.3) is 17.0 Å². The van der Waals surface area contributed by atoms with Gasteiger partial charge in [0.1, 0.15) is 5.75 Å². The van der Waals surface area contributed by atoms with Gasteiger partial charge in [-0.05, 0) is 24.3 Å². The van der Waals surface area contributed by atoms with Gasteiger partial charge in [-0.1, -0.05) is 0 Å². The lowest BCUT2D eigenvalue weighted by atomic mass is 10.2. The molecule has 0 spiro atoms. The van der Waals surface area contributed by atoms with E-state index in [4.69, 9.17) is 0 Å². The molecule has 3 aromatic heterocycles. The van der Waals surface area contributed by atoms with Gasteiger partial charge in [0.2, 0.25) is 0 Å². The fraction of sp³-hybridized carbons (Fsp3) is 0. The van der Waals surface area contributed by atoms with Crippen molar-refractivity contribution >= 4 is 5.65 Å². The second-order valence-electron chi connectivity index (χ2n) is 3.37. The SMILES string of the molecule is Oc1ccc2nnc(-c3ccncc3)n2c1. The quantitative estimate of drug-likeness (QED) is 0.663. The van der Waals surface area contributed by atoms with Crippen molar-refractivity contribution < 1.29 is 5.11 Å². The Hall–Kier alpha value is -2.43. The number of pyridine rings is 2. The molecule has 0 radical (unpaired) electrons. The molecule has 0 aliphatic rings. The maximum atomic E-state index is 9.43. The van der Waals surface area contributed by atoms with Crippen LogP contribution in [0.1, 0.15) is 0 Å². The van der Waals surface area contributed by atoms with Gasteiger partial charge >= 0.3 is 0 Å². The van der Waals surface area contributed by atoms with Crippen LogP contribution < -0.4 is 0 Å². The first-order chi connectivity index (χ1) is 7.84. The third-order valence-electron chi connectivity index (χ3n) is 2.33. The standard InChI is InChI=1S/C11H8N4O/c16-9-1-2-10-13-14-11(15(10)7-9)8-3-5-12-6-4-8/h1-7,16H. The Kier molecular flexibility index (Phi) is 1.83. The monoisotopic (exact) mass is 212 g/mol. The Balaban J connectivity index is 2.29. The number of aromatic nitrogens is 4. The maximum Gasteiger partial charge on any atom is 0.168 e. The van der Waals surface area contributed by atoms with E-state index in [0.29, 0.717) is 11.5 Å². The summed E-state index contributed by atoms with van der Waals surface area (Å²) in [5.74, 6) is 0.871. The number of rotatable bonds is 1. The Labute approximate surface area is 91.0 Å². The number of hydrogen-bond donors (Lipinski definition) is 1.